The fourth-order valence-corrected chi connectivity index (χ4v) is 1.79. The Labute approximate surface area is 70.7 Å². The van der Waals surface area contributed by atoms with Crippen molar-refractivity contribution in [3.05, 3.63) is 11.6 Å². The van der Waals surface area contributed by atoms with Crippen LogP contribution in [0.2, 0.25) is 0 Å². The Morgan fingerprint density at radius 2 is 2.09 bits per heavy atom. The molecule has 11 heavy (non-hydrogen) atoms. The van der Waals surface area contributed by atoms with Crippen LogP contribution in [0.3, 0.4) is 0 Å². The summed E-state index contributed by atoms with van der Waals surface area (Å²) in [6, 6.07) is 0. The third-order valence-corrected chi connectivity index (χ3v) is 3.16. The van der Waals surface area contributed by atoms with Crippen molar-refractivity contribution in [1.29, 1.82) is 0 Å². The van der Waals surface area contributed by atoms with Gasteiger partial charge in [-0.25, -0.2) is 0 Å². The highest BCUT2D eigenvalue weighted by atomic mass is 14.3. The Morgan fingerprint density at radius 3 is 2.73 bits per heavy atom. The van der Waals surface area contributed by atoms with Crippen LogP contribution in [0, 0.1) is 11.3 Å². The lowest BCUT2D eigenvalue weighted by atomic mass is 9.77. The Bertz CT molecular complexity index is 163. The summed E-state index contributed by atoms with van der Waals surface area (Å²) in [5, 5.41) is 0. The molecule has 1 unspecified atom stereocenters. The molecule has 64 valence electrons. The maximum Gasteiger partial charge on any atom is -0.0208 e. The summed E-state index contributed by atoms with van der Waals surface area (Å²) in [6.45, 7) is 9.37. The van der Waals surface area contributed by atoms with Crippen LogP contribution in [0.4, 0.5) is 0 Å². The maximum atomic E-state index is 2.45. The quantitative estimate of drug-likeness (QED) is 0.463. The highest BCUT2D eigenvalue weighted by molar-refractivity contribution is 5.05. The topological polar surface area (TPSA) is 0 Å². The molecule has 0 heterocycles. The van der Waals surface area contributed by atoms with E-state index in [4.69, 9.17) is 0 Å². The van der Waals surface area contributed by atoms with Crippen molar-refractivity contribution in [3.63, 3.8) is 0 Å². The molecule has 0 aromatic heterocycles. The molecule has 0 nitrogen and oxygen atoms in total. The van der Waals surface area contributed by atoms with Crippen LogP contribution in [0.15, 0.2) is 11.6 Å². The molecule has 0 aromatic carbocycles. The Hall–Kier alpha value is -0.260. The fourth-order valence-electron chi connectivity index (χ4n) is 1.79. The van der Waals surface area contributed by atoms with Crippen molar-refractivity contribution >= 4 is 0 Å². The second kappa shape index (κ2) is 3.00. The highest BCUT2D eigenvalue weighted by Gasteiger charge is 2.25. The van der Waals surface area contributed by atoms with Gasteiger partial charge in [0, 0.05) is 0 Å². The zero-order chi connectivity index (χ0) is 8.48. The Morgan fingerprint density at radius 1 is 1.45 bits per heavy atom. The minimum absolute atomic E-state index is 0.526. The molecule has 0 N–H and O–H groups in total. The summed E-state index contributed by atoms with van der Waals surface area (Å²) in [6.07, 6.45) is 6.52. The molecule has 0 aromatic rings. The lowest BCUT2D eigenvalue weighted by Crippen LogP contribution is -2.18. The van der Waals surface area contributed by atoms with E-state index in [2.05, 4.69) is 33.8 Å². The van der Waals surface area contributed by atoms with E-state index in [9.17, 15) is 0 Å². The van der Waals surface area contributed by atoms with E-state index in [-0.39, 0.29) is 0 Å². The normalized spacial score (nSPS) is 30.9. The molecule has 0 bridgehead atoms. The zero-order valence-electron chi connectivity index (χ0n) is 8.28. The minimum Gasteiger partial charge on any atom is -0.0822 e. The van der Waals surface area contributed by atoms with Gasteiger partial charge >= 0.3 is 0 Å². The van der Waals surface area contributed by atoms with Crippen LogP contribution in [-0.2, 0) is 0 Å². The average Bonchev–Trinajstić information content (AvgIpc) is 1.94. The molecule has 0 aliphatic heterocycles. The standard InChI is InChI=1S/C11H20/c1-9-6-5-7-11(3,4)10(2)8-9/h8,10H,5-7H2,1-4H3. The molecule has 0 heteroatoms. The first kappa shape index (κ1) is 8.83. The van der Waals surface area contributed by atoms with Crippen LogP contribution < -0.4 is 0 Å². The summed E-state index contributed by atoms with van der Waals surface area (Å²) < 4.78 is 0. The minimum atomic E-state index is 0.526. The van der Waals surface area contributed by atoms with Crippen LogP contribution in [0.5, 0.6) is 0 Å². The van der Waals surface area contributed by atoms with Crippen LogP contribution >= 0.6 is 0 Å². The first-order chi connectivity index (χ1) is 5.02. The van der Waals surface area contributed by atoms with E-state index in [0.717, 1.165) is 5.92 Å². The molecule has 0 radical (unpaired) electrons. The maximum absolute atomic E-state index is 2.45. The smallest absolute Gasteiger partial charge is 0.0208 e. The summed E-state index contributed by atoms with van der Waals surface area (Å²) in [5.74, 6) is 0.755. The van der Waals surface area contributed by atoms with Gasteiger partial charge in [-0.15, -0.1) is 0 Å². The average molecular weight is 152 g/mol. The monoisotopic (exact) mass is 152 g/mol. The molecule has 1 aliphatic rings. The Balaban J connectivity index is 2.75. The predicted octanol–water partition coefficient (Wildman–Crippen LogP) is 3.78. The molecule has 0 amide bonds. The van der Waals surface area contributed by atoms with Gasteiger partial charge in [0.05, 0.1) is 0 Å². The van der Waals surface area contributed by atoms with E-state index in [1.807, 2.05) is 0 Å². The van der Waals surface area contributed by atoms with E-state index >= 15 is 0 Å². The molecular formula is C11H20. The predicted molar refractivity (Wildman–Crippen MR) is 50.6 cm³/mol. The second-order valence-electron chi connectivity index (χ2n) is 4.64. The van der Waals surface area contributed by atoms with Crippen molar-refractivity contribution < 1.29 is 0 Å². The molecule has 1 aliphatic carbocycles. The highest BCUT2D eigenvalue weighted by Crippen LogP contribution is 2.37. The van der Waals surface area contributed by atoms with Crippen molar-refractivity contribution in [2.45, 2.75) is 47.0 Å². The number of allylic oxidation sites excluding steroid dienone is 2. The van der Waals surface area contributed by atoms with Gasteiger partial charge in [-0.05, 0) is 37.5 Å². The first-order valence-corrected chi connectivity index (χ1v) is 4.70. The van der Waals surface area contributed by atoms with Crippen LogP contribution in [0.1, 0.15) is 47.0 Å². The lowest BCUT2D eigenvalue weighted by Gasteiger charge is -2.28. The summed E-state index contributed by atoms with van der Waals surface area (Å²) >= 11 is 0. The largest absolute Gasteiger partial charge is 0.0822 e. The van der Waals surface area contributed by atoms with Crippen LogP contribution in [-0.4, -0.2) is 0 Å². The van der Waals surface area contributed by atoms with Gasteiger partial charge in [-0.2, -0.15) is 0 Å². The van der Waals surface area contributed by atoms with E-state index < -0.39 is 0 Å². The van der Waals surface area contributed by atoms with Gasteiger partial charge < -0.3 is 0 Å². The van der Waals surface area contributed by atoms with E-state index in [0.29, 0.717) is 5.41 Å². The number of hydrogen-bond acceptors (Lipinski definition) is 0. The molecular weight excluding hydrogens is 132 g/mol. The van der Waals surface area contributed by atoms with Crippen molar-refractivity contribution in [2.24, 2.45) is 11.3 Å². The summed E-state index contributed by atoms with van der Waals surface area (Å²) in [5.41, 5.74) is 2.11. The van der Waals surface area contributed by atoms with Gasteiger partial charge in [0.15, 0.2) is 0 Å². The molecule has 1 rings (SSSR count). The van der Waals surface area contributed by atoms with Crippen molar-refractivity contribution in [2.75, 3.05) is 0 Å². The van der Waals surface area contributed by atoms with E-state index in [1.54, 1.807) is 5.57 Å². The Kier molecular flexibility index (Phi) is 2.41. The van der Waals surface area contributed by atoms with Gasteiger partial charge in [0.2, 0.25) is 0 Å². The molecule has 0 saturated carbocycles. The van der Waals surface area contributed by atoms with Crippen LogP contribution in [0.25, 0.3) is 0 Å². The fraction of sp³-hybridized carbons (Fsp3) is 0.818. The van der Waals surface area contributed by atoms with Crippen molar-refractivity contribution in [1.82, 2.24) is 0 Å². The SMILES string of the molecule is CC1=CC(C)C(C)(C)CCC1. The zero-order valence-corrected chi connectivity index (χ0v) is 8.28. The molecule has 0 saturated heterocycles. The second-order valence-corrected chi connectivity index (χ2v) is 4.64. The van der Waals surface area contributed by atoms with Gasteiger partial charge in [0.25, 0.3) is 0 Å². The first-order valence-electron chi connectivity index (χ1n) is 4.70. The summed E-state index contributed by atoms with van der Waals surface area (Å²) in [7, 11) is 0. The molecule has 0 spiro atoms. The molecule has 0 fully saturated rings. The van der Waals surface area contributed by atoms with Gasteiger partial charge in [0.1, 0.15) is 0 Å². The number of rotatable bonds is 0. The van der Waals surface area contributed by atoms with Gasteiger partial charge in [-0.1, -0.05) is 32.4 Å². The number of hydrogen-bond donors (Lipinski definition) is 0. The third kappa shape index (κ3) is 2.08. The van der Waals surface area contributed by atoms with Gasteiger partial charge in [-0.3, -0.25) is 0 Å². The van der Waals surface area contributed by atoms with E-state index in [1.165, 1.54) is 19.3 Å². The molecule has 1 atom stereocenters. The lowest BCUT2D eigenvalue weighted by molar-refractivity contribution is 0.255. The third-order valence-electron chi connectivity index (χ3n) is 3.16. The summed E-state index contributed by atoms with van der Waals surface area (Å²) in [4.78, 5) is 0. The van der Waals surface area contributed by atoms with Crippen molar-refractivity contribution in [3.8, 4) is 0 Å².